The predicted molar refractivity (Wildman–Crippen MR) is 103 cm³/mol. The molecule has 138 valence electrons. The molecule has 2 aliphatic heterocycles. The largest absolute Gasteiger partial charge is 0.488 e. The Morgan fingerprint density at radius 2 is 2.00 bits per heavy atom. The fraction of sp³-hybridized carbons (Fsp3) is 0.368. The van der Waals surface area contributed by atoms with Crippen LogP contribution in [0.5, 0.6) is 0 Å². The molecule has 2 unspecified atom stereocenters. The maximum atomic E-state index is 12.5. The standard InChI is InChI=1S/C19H20INO5/c1-11(22)13-8-9-14-15(20)17(23)18(16(21(13)14)19(24)25-2)26-10-12-6-4-3-5-7-12/h3-7,13,17,23H,8-10H2,1-2H3. The number of Topliss-reactive ketones (excluding diaryl/α,β-unsaturated/α-hetero) is 1. The van der Waals surface area contributed by atoms with Crippen molar-refractivity contribution in [2.75, 3.05) is 7.11 Å². The first kappa shape index (κ1) is 18.9. The molecule has 7 heteroatoms. The van der Waals surface area contributed by atoms with Crippen LogP contribution < -0.4 is 0 Å². The quantitative estimate of drug-likeness (QED) is 0.528. The third-order valence-corrected chi connectivity index (χ3v) is 5.79. The summed E-state index contributed by atoms with van der Waals surface area (Å²) < 4.78 is 11.5. The highest BCUT2D eigenvalue weighted by Gasteiger charge is 2.45. The highest BCUT2D eigenvalue weighted by molar-refractivity contribution is 14.1. The van der Waals surface area contributed by atoms with Crippen LogP contribution in [0.3, 0.4) is 0 Å². The van der Waals surface area contributed by atoms with Crippen LogP contribution >= 0.6 is 22.6 Å². The van der Waals surface area contributed by atoms with Gasteiger partial charge in [0.05, 0.1) is 13.2 Å². The zero-order valence-corrected chi connectivity index (χ0v) is 16.7. The van der Waals surface area contributed by atoms with Crippen molar-refractivity contribution in [2.45, 2.75) is 38.5 Å². The molecular formula is C19H20INO5. The summed E-state index contributed by atoms with van der Waals surface area (Å²) in [6, 6.07) is 9.02. The van der Waals surface area contributed by atoms with E-state index in [1.165, 1.54) is 14.0 Å². The van der Waals surface area contributed by atoms with Gasteiger partial charge in [-0.15, -0.1) is 0 Å². The van der Waals surface area contributed by atoms with Crippen molar-refractivity contribution < 1.29 is 24.2 Å². The van der Waals surface area contributed by atoms with E-state index in [-0.39, 0.29) is 23.8 Å². The molecule has 2 heterocycles. The monoisotopic (exact) mass is 469 g/mol. The molecule has 0 amide bonds. The summed E-state index contributed by atoms with van der Waals surface area (Å²) in [5, 5.41) is 10.7. The number of esters is 1. The molecule has 2 aliphatic rings. The van der Waals surface area contributed by atoms with Gasteiger partial charge in [-0.3, -0.25) is 4.79 Å². The molecule has 2 atom stereocenters. The summed E-state index contributed by atoms with van der Waals surface area (Å²) in [6.07, 6.45) is 0.160. The Hall–Kier alpha value is -1.87. The van der Waals surface area contributed by atoms with E-state index in [9.17, 15) is 14.7 Å². The average Bonchev–Trinajstić information content (AvgIpc) is 3.09. The molecule has 3 rings (SSSR count). The summed E-state index contributed by atoms with van der Waals surface area (Å²) in [5.74, 6) is -0.534. The van der Waals surface area contributed by atoms with Gasteiger partial charge in [-0.05, 0) is 47.9 Å². The molecule has 1 aromatic carbocycles. The number of nitrogens with zero attached hydrogens (tertiary/aromatic N) is 1. The lowest BCUT2D eigenvalue weighted by molar-refractivity contribution is -0.139. The fourth-order valence-electron chi connectivity index (χ4n) is 3.32. The summed E-state index contributed by atoms with van der Waals surface area (Å²) in [7, 11) is 1.28. The first-order chi connectivity index (χ1) is 12.5. The van der Waals surface area contributed by atoms with E-state index >= 15 is 0 Å². The number of halogens is 1. The Bertz CT molecular complexity index is 786. The molecule has 0 aliphatic carbocycles. The van der Waals surface area contributed by atoms with Gasteiger partial charge >= 0.3 is 5.97 Å². The smallest absolute Gasteiger partial charge is 0.358 e. The molecule has 0 aromatic heterocycles. The van der Waals surface area contributed by atoms with Crippen LogP contribution in [-0.2, 0) is 25.7 Å². The SMILES string of the molecule is COC(=O)C1=C(OCc2ccccc2)C(O)C(I)=C2CCC(C(C)=O)N21. The summed E-state index contributed by atoms with van der Waals surface area (Å²) in [5.41, 5.74) is 1.81. The minimum atomic E-state index is -1.05. The molecule has 1 N–H and O–H groups in total. The van der Waals surface area contributed by atoms with E-state index < -0.39 is 18.1 Å². The number of rotatable bonds is 5. The maximum absolute atomic E-state index is 12.5. The normalized spacial score (nSPS) is 22.4. The number of methoxy groups -OCH3 is 1. The minimum absolute atomic E-state index is 0.0376. The van der Waals surface area contributed by atoms with E-state index in [2.05, 4.69) is 22.6 Å². The number of aliphatic hydroxyl groups excluding tert-OH is 1. The van der Waals surface area contributed by atoms with E-state index in [1.807, 2.05) is 30.3 Å². The Labute approximate surface area is 165 Å². The van der Waals surface area contributed by atoms with Gasteiger partial charge in [0.25, 0.3) is 0 Å². The average molecular weight is 469 g/mol. The van der Waals surface area contributed by atoms with Gasteiger partial charge < -0.3 is 19.5 Å². The second-order valence-corrected chi connectivity index (χ2v) is 7.37. The molecule has 1 fully saturated rings. The van der Waals surface area contributed by atoms with Crippen molar-refractivity contribution in [3.8, 4) is 0 Å². The zero-order chi connectivity index (χ0) is 18.8. The Balaban J connectivity index is 2.02. The van der Waals surface area contributed by atoms with Crippen LogP contribution in [0.25, 0.3) is 0 Å². The topological polar surface area (TPSA) is 76.1 Å². The number of carbonyl (C=O) groups excluding carboxylic acids is 2. The van der Waals surface area contributed by atoms with Crippen LogP contribution in [0.1, 0.15) is 25.3 Å². The van der Waals surface area contributed by atoms with Crippen LogP contribution in [0.15, 0.2) is 51.1 Å². The van der Waals surface area contributed by atoms with Crippen molar-refractivity contribution >= 4 is 34.3 Å². The summed E-state index contributed by atoms with van der Waals surface area (Å²) >= 11 is 2.06. The van der Waals surface area contributed by atoms with Crippen molar-refractivity contribution in [1.29, 1.82) is 0 Å². The van der Waals surface area contributed by atoms with Crippen molar-refractivity contribution in [2.24, 2.45) is 0 Å². The lowest BCUT2D eigenvalue weighted by atomic mass is 10.1. The molecule has 26 heavy (non-hydrogen) atoms. The van der Waals surface area contributed by atoms with Crippen LogP contribution in [-0.4, -0.2) is 41.0 Å². The lowest BCUT2D eigenvalue weighted by Gasteiger charge is -2.35. The predicted octanol–water partition coefficient (Wildman–Crippen LogP) is 2.66. The van der Waals surface area contributed by atoms with Gasteiger partial charge in [-0.25, -0.2) is 4.79 Å². The van der Waals surface area contributed by atoms with E-state index in [0.29, 0.717) is 16.4 Å². The van der Waals surface area contributed by atoms with Gasteiger partial charge in [0.1, 0.15) is 12.7 Å². The first-order valence-electron chi connectivity index (χ1n) is 8.31. The van der Waals surface area contributed by atoms with Gasteiger partial charge in [0.15, 0.2) is 17.2 Å². The number of benzene rings is 1. The molecule has 0 saturated carbocycles. The van der Waals surface area contributed by atoms with Gasteiger partial charge in [0.2, 0.25) is 0 Å². The Kier molecular flexibility index (Phi) is 5.67. The van der Waals surface area contributed by atoms with E-state index in [1.54, 1.807) is 4.90 Å². The molecule has 0 spiro atoms. The fourth-order valence-corrected chi connectivity index (χ4v) is 4.13. The zero-order valence-electron chi connectivity index (χ0n) is 14.6. The Morgan fingerprint density at radius 3 is 2.62 bits per heavy atom. The van der Waals surface area contributed by atoms with Crippen LogP contribution in [0.4, 0.5) is 0 Å². The highest BCUT2D eigenvalue weighted by atomic mass is 127. The number of aliphatic hydroxyl groups is 1. The molecular weight excluding hydrogens is 449 g/mol. The minimum Gasteiger partial charge on any atom is -0.488 e. The second-order valence-electron chi connectivity index (χ2n) is 6.21. The maximum Gasteiger partial charge on any atom is 0.358 e. The lowest BCUT2D eigenvalue weighted by Crippen LogP contribution is -2.42. The molecule has 0 radical (unpaired) electrons. The molecule has 1 saturated heterocycles. The van der Waals surface area contributed by atoms with Crippen molar-refractivity contribution in [3.63, 3.8) is 0 Å². The highest BCUT2D eigenvalue weighted by Crippen LogP contribution is 2.44. The third kappa shape index (κ3) is 3.37. The number of carbonyl (C=O) groups is 2. The molecule has 6 nitrogen and oxygen atoms in total. The molecule has 1 aromatic rings. The molecule has 0 bridgehead atoms. The van der Waals surface area contributed by atoms with Crippen molar-refractivity contribution in [1.82, 2.24) is 4.90 Å². The van der Waals surface area contributed by atoms with Crippen molar-refractivity contribution in [3.05, 3.63) is 56.6 Å². The van der Waals surface area contributed by atoms with Gasteiger partial charge in [-0.1, -0.05) is 30.3 Å². The summed E-state index contributed by atoms with van der Waals surface area (Å²) in [4.78, 5) is 26.3. The first-order valence-corrected chi connectivity index (χ1v) is 9.39. The van der Waals surface area contributed by atoms with Crippen LogP contribution in [0, 0.1) is 0 Å². The number of fused-ring (bicyclic) bond motifs is 1. The van der Waals surface area contributed by atoms with Gasteiger partial charge in [-0.2, -0.15) is 0 Å². The Morgan fingerprint density at radius 1 is 1.31 bits per heavy atom. The number of hydrogen-bond donors (Lipinski definition) is 1. The second kappa shape index (κ2) is 7.79. The number of allylic oxidation sites excluding steroid dienone is 1. The third-order valence-electron chi connectivity index (χ3n) is 4.58. The summed E-state index contributed by atoms with van der Waals surface area (Å²) in [6.45, 7) is 1.70. The van der Waals surface area contributed by atoms with Crippen LogP contribution in [0.2, 0.25) is 0 Å². The number of ketones is 1. The number of ether oxygens (including phenoxy) is 2. The van der Waals surface area contributed by atoms with E-state index in [0.717, 1.165) is 11.3 Å². The van der Waals surface area contributed by atoms with Gasteiger partial charge in [0, 0.05) is 9.28 Å². The number of hydrogen-bond acceptors (Lipinski definition) is 6. The van der Waals surface area contributed by atoms with E-state index in [4.69, 9.17) is 9.47 Å².